The lowest BCUT2D eigenvalue weighted by atomic mass is 9.99. The lowest BCUT2D eigenvalue weighted by Crippen LogP contribution is -2.45. The summed E-state index contributed by atoms with van der Waals surface area (Å²) in [5.74, 6) is 0. The molecule has 1 aromatic rings. The van der Waals surface area contributed by atoms with Gasteiger partial charge in [-0.3, -0.25) is 0 Å². The van der Waals surface area contributed by atoms with Crippen molar-refractivity contribution in [3.05, 3.63) is 28.8 Å². The molecule has 2 unspecified atom stereocenters. The molecule has 0 aromatic heterocycles. The molecule has 2 rings (SSSR count). The van der Waals surface area contributed by atoms with Crippen molar-refractivity contribution in [3.63, 3.8) is 0 Å². The van der Waals surface area contributed by atoms with E-state index in [1.165, 1.54) is 24.1 Å². The summed E-state index contributed by atoms with van der Waals surface area (Å²) in [6.07, 6.45) is 4.34. The number of nitrogens with zero attached hydrogens (tertiary/aromatic N) is 2. The molecule has 0 saturated carbocycles. The Bertz CT molecular complexity index is 461. The van der Waals surface area contributed by atoms with E-state index in [0.717, 1.165) is 31.0 Å². The van der Waals surface area contributed by atoms with E-state index in [0.29, 0.717) is 6.04 Å². The molecule has 2 N–H and O–H groups in total. The Balaban J connectivity index is 2.24. The van der Waals surface area contributed by atoms with Gasteiger partial charge in [-0.05, 0) is 57.5 Å². The highest BCUT2D eigenvalue weighted by molar-refractivity contribution is 6.31. The van der Waals surface area contributed by atoms with E-state index >= 15 is 0 Å². The number of likely N-dealkylation sites (N-methyl/N-ethyl adjacent to an activating group) is 1. The number of piperidine rings is 1. The van der Waals surface area contributed by atoms with Gasteiger partial charge in [-0.25, -0.2) is 0 Å². The van der Waals surface area contributed by atoms with Crippen LogP contribution in [-0.2, 0) is 6.42 Å². The Morgan fingerprint density at radius 3 is 2.86 bits per heavy atom. The molecular weight excluding hydrogens is 282 g/mol. The molecule has 1 aliphatic heterocycles. The molecular formula is C17H28ClN3. The molecule has 3 nitrogen and oxygen atoms in total. The molecule has 0 amide bonds. The summed E-state index contributed by atoms with van der Waals surface area (Å²) in [5, 5.41) is 0.850. The Morgan fingerprint density at radius 1 is 1.43 bits per heavy atom. The van der Waals surface area contributed by atoms with E-state index in [1.54, 1.807) is 0 Å². The number of rotatable bonds is 5. The molecule has 2 atom stereocenters. The van der Waals surface area contributed by atoms with E-state index in [4.69, 9.17) is 17.3 Å². The van der Waals surface area contributed by atoms with Crippen molar-refractivity contribution in [2.45, 2.75) is 44.7 Å². The van der Waals surface area contributed by atoms with Gasteiger partial charge in [0.05, 0.1) is 0 Å². The molecule has 1 heterocycles. The summed E-state index contributed by atoms with van der Waals surface area (Å²) in [6, 6.07) is 7.03. The molecule has 0 aliphatic carbocycles. The van der Waals surface area contributed by atoms with Crippen molar-refractivity contribution < 1.29 is 0 Å². The second kappa shape index (κ2) is 7.48. The lowest BCUT2D eigenvalue weighted by molar-refractivity contribution is 0.258. The predicted octanol–water partition coefficient (Wildman–Crippen LogP) is 3.15. The zero-order valence-electron chi connectivity index (χ0n) is 13.5. The summed E-state index contributed by atoms with van der Waals surface area (Å²) in [5.41, 5.74) is 8.65. The number of hydrogen-bond acceptors (Lipinski definition) is 3. The average molecular weight is 310 g/mol. The van der Waals surface area contributed by atoms with Gasteiger partial charge in [-0.15, -0.1) is 0 Å². The molecule has 0 radical (unpaired) electrons. The smallest absolute Gasteiger partial charge is 0.0459 e. The third-order valence-corrected chi connectivity index (χ3v) is 4.91. The van der Waals surface area contributed by atoms with E-state index in [2.05, 4.69) is 43.0 Å². The largest absolute Gasteiger partial charge is 0.370 e. The zero-order chi connectivity index (χ0) is 15.4. The highest BCUT2D eigenvalue weighted by Crippen LogP contribution is 2.31. The fourth-order valence-electron chi connectivity index (χ4n) is 3.05. The maximum absolute atomic E-state index is 6.46. The van der Waals surface area contributed by atoms with Gasteiger partial charge in [0.1, 0.15) is 0 Å². The minimum absolute atomic E-state index is 0.179. The van der Waals surface area contributed by atoms with Gasteiger partial charge < -0.3 is 15.5 Å². The highest BCUT2D eigenvalue weighted by Gasteiger charge is 2.24. The van der Waals surface area contributed by atoms with E-state index in [9.17, 15) is 0 Å². The third kappa shape index (κ3) is 4.12. The van der Waals surface area contributed by atoms with E-state index in [1.807, 2.05) is 6.07 Å². The number of halogens is 1. The summed E-state index contributed by atoms with van der Waals surface area (Å²) >= 11 is 6.46. The second-order valence-electron chi connectivity index (χ2n) is 6.32. The molecule has 0 spiro atoms. The van der Waals surface area contributed by atoms with Crippen LogP contribution >= 0.6 is 11.6 Å². The van der Waals surface area contributed by atoms with Gasteiger partial charge in [-0.1, -0.05) is 24.6 Å². The molecule has 4 heteroatoms. The predicted molar refractivity (Wildman–Crippen MR) is 92.3 cm³/mol. The van der Waals surface area contributed by atoms with Gasteiger partial charge in [0.2, 0.25) is 0 Å². The van der Waals surface area contributed by atoms with Crippen LogP contribution < -0.4 is 10.6 Å². The molecule has 1 fully saturated rings. The van der Waals surface area contributed by atoms with Crippen LogP contribution in [0.3, 0.4) is 0 Å². The Hall–Kier alpha value is -0.770. The first kappa shape index (κ1) is 16.6. The van der Waals surface area contributed by atoms with Crippen LogP contribution in [0.1, 0.15) is 31.7 Å². The Morgan fingerprint density at radius 2 is 2.19 bits per heavy atom. The number of anilines is 1. The molecule has 1 aliphatic rings. The summed E-state index contributed by atoms with van der Waals surface area (Å²) in [6.45, 7) is 4.31. The van der Waals surface area contributed by atoms with Gasteiger partial charge in [0, 0.05) is 35.9 Å². The van der Waals surface area contributed by atoms with Gasteiger partial charge >= 0.3 is 0 Å². The maximum Gasteiger partial charge on any atom is 0.0459 e. The van der Waals surface area contributed by atoms with Crippen LogP contribution in [0.2, 0.25) is 5.02 Å². The van der Waals surface area contributed by atoms with Crippen LogP contribution in [-0.4, -0.2) is 44.2 Å². The fourth-order valence-corrected chi connectivity index (χ4v) is 3.29. The number of benzene rings is 1. The van der Waals surface area contributed by atoms with E-state index in [-0.39, 0.29) is 6.04 Å². The average Bonchev–Trinajstić information content (AvgIpc) is 2.49. The SMILES string of the molecule is CCC(N)Cc1c(Cl)cccc1N1CCCC(N(C)C)C1. The maximum atomic E-state index is 6.46. The second-order valence-corrected chi connectivity index (χ2v) is 6.72. The topological polar surface area (TPSA) is 32.5 Å². The first-order valence-corrected chi connectivity index (χ1v) is 8.35. The minimum atomic E-state index is 0.179. The highest BCUT2D eigenvalue weighted by atomic mass is 35.5. The van der Waals surface area contributed by atoms with E-state index < -0.39 is 0 Å². The zero-order valence-corrected chi connectivity index (χ0v) is 14.2. The quantitative estimate of drug-likeness (QED) is 0.907. The van der Waals surface area contributed by atoms with Gasteiger partial charge in [0.15, 0.2) is 0 Å². The molecule has 118 valence electrons. The van der Waals surface area contributed by atoms with Gasteiger partial charge in [0.25, 0.3) is 0 Å². The van der Waals surface area contributed by atoms with Crippen molar-refractivity contribution in [3.8, 4) is 0 Å². The molecule has 0 bridgehead atoms. The van der Waals surface area contributed by atoms with Crippen LogP contribution in [0.4, 0.5) is 5.69 Å². The van der Waals surface area contributed by atoms with Crippen LogP contribution in [0.15, 0.2) is 18.2 Å². The lowest BCUT2D eigenvalue weighted by Gasteiger charge is -2.38. The Kier molecular flexibility index (Phi) is 5.91. The summed E-state index contributed by atoms with van der Waals surface area (Å²) < 4.78 is 0. The first-order valence-electron chi connectivity index (χ1n) is 7.97. The standard InChI is InChI=1S/C17H28ClN3/c1-4-13(19)11-15-16(18)8-5-9-17(15)21-10-6-7-14(12-21)20(2)3/h5,8-9,13-14H,4,6-7,10-12,19H2,1-3H3. The van der Waals surface area contributed by atoms with Crippen molar-refractivity contribution in [1.82, 2.24) is 4.90 Å². The molecule has 21 heavy (non-hydrogen) atoms. The van der Waals surface area contributed by atoms with Crippen LogP contribution in [0.25, 0.3) is 0 Å². The minimum Gasteiger partial charge on any atom is -0.370 e. The van der Waals surface area contributed by atoms with Crippen molar-refractivity contribution in [2.24, 2.45) is 5.73 Å². The van der Waals surface area contributed by atoms with Crippen molar-refractivity contribution in [2.75, 3.05) is 32.1 Å². The van der Waals surface area contributed by atoms with Gasteiger partial charge in [-0.2, -0.15) is 0 Å². The van der Waals surface area contributed by atoms with Crippen LogP contribution in [0, 0.1) is 0 Å². The molecule has 1 saturated heterocycles. The monoisotopic (exact) mass is 309 g/mol. The summed E-state index contributed by atoms with van der Waals surface area (Å²) in [7, 11) is 4.33. The normalized spacial score (nSPS) is 20.9. The fraction of sp³-hybridized carbons (Fsp3) is 0.647. The summed E-state index contributed by atoms with van der Waals surface area (Å²) in [4.78, 5) is 4.81. The number of nitrogens with two attached hydrogens (primary N) is 1. The molecule has 1 aromatic carbocycles. The van der Waals surface area contributed by atoms with Crippen molar-refractivity contribution in [1.29, 1.82) is 0 Å². The Labute approximate surface area is 134 Å². The number of hydrogen-bond donors (Lipinski definition) is 1. The third-order valence-electron chi connectivity index (χ3n) is 4.55. The first-order chi connectivity index (χ1) is 10.0. The van der Waals surface area contributed by atoms with Crippen LogP contribution in [0.5, 0.6) is 0 Å². The van der Waals surface area contributed by atoms with Crippen molar-refractivity contribution >= 4 is 17.3 Å².